The fourth-order valence-electron chi connectivity index (χ4n) is 2.74. The molecular formula is C16H20N2O. The van der Waals surface area contributed by atoms with Crippen LogP contribution in [0.25, 0.3) is 0 Å². The molecule has 1 aromatic rings. The Labute approximate surface area is 114 Å². The number of nitrogens with zero attached hydrogens (tertiary/aromatic N) is 1. The molecule has 100 valence electrons. The summed E-state index contributed by atoms with van der Waals surface area (Å²) in [5.41, 5.74) is 1.13. The molecule has 0 atom stereocenters. The predicted octanol–water partition coefficient (Wildman–Crippen LogP) is 3.66. The number of carbonyl (C=O) groups is 1. The van der Waals surface area contributed by atoms with E-state index in [-0.39, 0.29) is 5.91 Å². The molecule has 0 saturated heterocycles. The summed E-state index contributed by atoms with van der Waals surface area (Å²) in [6, 6.07) is 10.1. The van der Waals surface area contributed by atoms with E-state index in [2.05, 4.69) is 18.3 Å². The van der Waals surface area contributed by atoms with Crippen molar-refractivity contribution in [3.8, 4) is 6.07 Å². The molecule has 0 aromatic heterocycles. The van der Waals surface area contributed by atoms with Gasteiger partial charge in [0.1, 0.15) is 5.41 Å². The van der Waals surface area contributed by atoms with Gasteiger partial charge < -0.3 is 5.32 Å². The molecule has 0 radical (unpaired) electrons. The number of aryl methyl sites for hydroxylation is 1. The van der Waals surface area contributed by atoms with Crippen molar-refractivity contribution in [3.05, 3.63) is 29.8 Å². The van der Waals surface area contributed by atoms with E-state index in [0.29, 0.717) is 12.8 Å². The van der Waals surface area contributed by atoms with Gasteiger partial charge in [-0.3, -0.25) is 4.79 Å². The average molecular weight is 256 g/mol. The van der Waals surface area contributed by atoms with Crippen LogP contribution in [0.2, 0.25) is 0 Å². The number of carbonyl (C=O) groups excluding carboxylic acids is 1. The minimum Gasteiger partial charge on any atom is -0.324 e. The molecule has 1 aliphatic carbocycles. The van der Waals surface area contributed by atoms with Crippen molar-refractivity contribution in [1.29, 1.82) is 5.26 Å². The Balaban J connectivity index is 2.18. The second kappa shape index (κ2) is 5.88. The lowest BCUT2D eigenvalue weighted by atomic mass is 9.74. The molecule has 2 rings (SSSR count). The number of rotatable bonds is 3. The molecular weight excluding hydrogens is 236 g/mol. The maximum absolute atomic E-state index is 12.5. The van der Waals surface area contributed by atoms with Crippen molar-refractivity contribution < 1.29 is 4.79 Å². The van der Waals surface area contributed by atoms with E-state index in [1.54, 1.807) is 0 Å². The summed E-state index contributed by atoms with van der Waals surface area (Å²) in [6.07, 6.45) is 5.30. The molecule has 1 aliphatic rings. The molecule has 0 aliphatic heterocycles. The van der Waals surface area contributed by atoms with Crippen LogP contribution in [-0.4, -0.2) is 5.91 Å². The molecule has 1 amide bonds. The number of hydrogen-bond donors (Lipinski definition) is 1. The molecule has 0 bridgehead atoms. The highest BCUT2D eigenvalue weighted by Gasteiger charge is 2.39. The average Bonchev–Trinajstić information content (AvgIpc) is 2.48. The molecule has 1 aromatic carbocycles. The second-order valence-electron chi connectivity index (χ2n) is 5.22. The van der Waals surface area contributed by atoms with Gasteiger partial charge in [0.05, 0.1) is 6.07 Å². The summed E-state index contributed by atoms with van der Waals surface area (Å²) in [5.74, 6) is -0.129. The van der Waals surface area contributed by atoms with E-state index in [1.807, 2.05) is 24.3 Å². The number of para-hydroxylation sites is 1. The van der Waals surface area contributed by atoms with Gasteiger partial charge in [-0.15, -0.1) is 0 Å². The summed E-state index contributed by atoms with van der Waals surface area (Å²) in [6.45, 7) is 2.06. The molecule has 19 heavy (non-hydrogen) atoms. The lowest BCUT2D eigenvalue weighted by Crippen LogP contribution is -2.37. The summed E-state index contributed by atoms with van der Waals surface area (Å²) in [4.78, 5) is 12.5. The zero-order valence-corrected chi connectivity index (χ0v) is 11.4. The Hall–Kier alpha value is -1.82. The van der Waals surface area contributed by atoms with Crippen molar-refractivity contribution in [2.75, 3.05) is 5.32 Å². The first-order chi connectivity index (χ1) is 9.22. The van der Waals surface area contributed by atoms with Crippen molar-refractivity contribution >= 4 is 11.6 Å². The maximum Gasteiger partial charge on any atom is 0.244 e. The number of anilines is 1. The topological polar surface area (TPSA) is 52.9 Å². The molecule has 0 spiro atoms. The van der Waals surface area contributed by atoms with Crippen molar-refractivity contribution in [3.63, 3.8) is 0 Å². The van der Waals surface area contributed by atoms with Crippen LogP contribution in [0.1, 0.15) is 44.6 Å². The van der Waals surface area contributed by atoms with E-state index in [0.717, 1.165) is 36.9 Å². The Kier molecular flexibility index (Phi) is 4.21. The number of nitrogens with one attached hydrogen (secondary N) is 1. The second-order valence-corrected chi connectivity index (χ2v) is 5.22. The SMILES string of the molecule is CCc1ccccc1NC(=O)C1(C#N)CCCCC1. The first kappa shape index (κ1) is 13.6. The summed E-state index contributed by atoms with van der Waals surface area (Å²) in [5, 5.41) is 12.4. The van der Waals surface area contributed by atoms with E-state index in [4.69, 9.17) is 0 Å². The molecule has 1 fully saturated rings. The van der Waals surface area contributed by atoms with Crippen LogP contribution in [0, 0.1) is 16.7 Å². The standard InChI is InChI=1S/C16H20N2O/c1-2-13-8-4-5-9-14(13)18-15(19)16(12-17)10-6-3-7-11-16/h4-5,8-9H,2-3,6-7,10-11H2,1H3,(H,18,19). The van der Waals surface area contributed by atoms with Crippen LogP contribution >= 0.6 is 0 Å². The first-order valence-electron chi connectivity index (χ1n) is 7.02. The molecule has 1 saturated carbocycles. The van der Waals surface area contributed by atoms with Crippen LogP contribution in [-0.2, 0) is 11.2 Å². The smallest absolute Gasteiger partial charge is 0.244 e. The number of hydrogen-bond acceptors (Lipinski definition) is 2. The highest BCUT2D eigenvalue weighted by atomic mass is 16.2. The van der Waals surface area contributed by atoms with E-state index >= 15 is 0 Å². The molecule has 0 unspecified atom stereocenters. The largest absolute Gasteiger partial charge is 0.324 e. The fraction of sp³-hybridized carbons (Fsp3) is 0.500. The summed E-state index contributed by atoms with van der Waals surface area (Å²) in [7, 11) is 0. The fourth-order valence-corrected chi connectivity index (χ4v) is 2.74. The third-order valence-electron chi connectivity index (χ3n) is 4.00. The lowest BCUT2D eigenvalue weighted by Gasteiger charge is -2.29. The minimum absolute atomic E-state index is 0.129. The van der Waals surface area contributed by atoms with Crippen molar-refractivity contribution in [2.24, 2.45) is 5.41 Å². The van der Waals surface area contributed by atoms with Crippen molar-refractivity contribution in [2.45, 2.75) is 45.4 Å². The number of benzene rings is 1. The first-order valence-corrected chi connectivity index (χ1v) is 7.02. The van der Waals surface area contributed by atoms with Gasteiger partial charge >= 0.3 is 0 Å². The Morgan fingerprint density at radius 3 is 2.63 bits per heavy atom. The van der Waals surface area contributed by atoms with Crippen LogP contribution < -0.4 is 5.32 Å². The van der Waals surface area contributed by atoms with Gasteiger partial charge in [-0.2, -0.15) is 5.26 Å². The number of nitriles is 1. The predicted molar refractivity (Wildman–Crippen MR) is 75.6 cm³/mol. The molecule has 3 heteroatoms. The zero-order chi connectivity index (χ0) is 13.7. The minimum atomic E-state index is -0.820. The lowest BCUT2D eigenvalue weighted by molar-refractivity contribution is -0.124. The highest BCUT2D eigenvalue weighted by Crippen LogP contribution is 2.37. The Morgan fingerprint density at radius 2 is 2.00 bits per heavy atom. The monoisotopic (exact) mass is 256 g/mol. The van der Waals surface area contributed by atoms with Gasteiger partial charge in [0.15, 0.2) is 0 Å². The van der Waals surface area contributed by atoms with Crippen LogP contribution in [0.4, 0.5) is 5.69 Å². The summed E-state index contributed by atoms with van der Waals surface area (Å²) >= 11 is 0. The third-order valence-corrected chi connectivity index (χ3v) is 4.00. The molecule has 1 N–H and O–H groups in total. The number of amides is 1. The van der Waals surface area contributed by atoms with Gasteiger partial charge in [0.2, 0.25) is 5.91 Å². The zero-order valence-electron chi connectivity index (χ0n) is 11.4. The van der Waals surface area contributed by atoms with Gasteiger partial charge in [-0.25, -0.2) is 0 Å². The molecule has 3 nitrogen and oxygen atoms in total. The van der Waals surface area contributed by atoms with Crippen LogP contribution in [0.15, 0.2) is 24.3 Å². The summed E-state index contributed by atoms with van der Waals surface area (Å²) < 4.78 is 0. The van der Waals surface area contributed by atoms with Gasteiger partial charge in [0, 0.05) is 5.69 Å². The van der Waals surface area contributed by atoms with Gasteiger partial charge in [-0.05, 0) is 30.9 Å². The Morgan fingerprint density at radius 1 is 1.32 bits per heavy atom. The normalized spacial score (nSPS) is 17.5. The Bertz CT molecular complexity index is 496. The van der Waals surface area contributed by atoms with Crippen LogP contribution in [0.5, 0.6) is 0 Å². The highest BCUT2D eigenvalue weighted by molar-refractivity contribution is 5.97. The maximum atomic E-state index is 12.5. The van der Waals surface area contributed by atoms with Gasteiger partial charge in [-0.1, -0.05) is 44.4 Å². The van der Waals surface area contributed by atoms with Crippen molar-refractivity contribution in [1.82, 2.24) is 0 Å². The van der Waals surface area contributed by atoms with E-state index < -0.39 is 5.41 Å². The molecule has 0 heterocycles. The quantitative estimate of drug-likeness (QED) is 0.897. The van der Waals surface area contributed by atoms with Crippen LogP contribution in [0.3, 0.4) is 0 Å². The third kappa shape index (κ3) is 2.78. The van der Waals surface area contributed by atoms with Gasteiger partial charge in [0.25, 0.3) is 0 Å². The van der Waals surface area contributed by atoms with E-state index in [1.165, 1.54) is 0 Å². The van der Waals surface area contributed by atoms with E-state index in [9.17, 15) is 10.1 Å².